The Morgan fingerprint density at radius 3 is 2.76 bits per heavy atom. The van der Waals surface area contributed by atoms with Crippen molar-refractivity contribution in [3.63, 3.8) is 0 Å². The van der Waals surface area contributed by atoms with E-state index in [9.17, 15) is 4.79 Å². The highest BCUT2D eigenvalue weighted by Gasteiger charge is 2.14. The third kappa shape index (κ3) is 4.28. The molecule has 0 radical (unpaired) electrons. The molecule has 0 atom stereocenters. The van der Waals surface area contributed by atoms with E-state index < -0.39 is 0 Å². The predicted octanol–water partition coefficient (Wildman–Crippen LogP) is 4.19. The third-order valence-corrected chi connectivity index (χ3v) is 5.49. The van der Waals surface area contributed by atoms with Crippen LogP contribution >= 0.6 is 22.9 Å². The Kier molecular flexibility index (Phi) is 5.55. The van der Waals surface area contributed by atoms with Crippen LogP contribution in [0.3, 0.4) is 0 Å². The molecule has 2 heterocycles. The summed E-state index contributed by atoms with van der Waals surface area (Å²) in [5.41, 5.74) is 1.66. The molecule has 1 amide bonds. The molecule has 2 aromatic heterocycles. The van der Waals surface area contributed by atoms with Gasteiger partial charge in [0, 0.05) is 11.1 Å². The number of amides is 1. The molecule has 2 N–H and O–H groups in total. The minimum absolute atomic E-state index is 0.224. The fourth-order valence-electron chi connectivity index (χ4n) is 2.63. The first kappa shape index (κ1) is 19.1. The molecule has 0 saturated carbocycles. The van der Waals surface area contributed by atoms with Gasteiger partial charge in [-0.3, -0.25) is 9.89 Å². The zero-order chi connectivity index (χ0) is 20.2. The number of H-pyrrole nitrogens is 1. The number of carbonyl (C=O) groups is 1. The van der Waals surface area contributed by atoms with E-state index in [1.165, 1.54) is 11.3 Å². The summed E-state index contributed by atoms with van der Waals surface area (Å²) in [7, 11) is 1.61. The summed E-state index contributed by atoms with van der Waals surface area (Å²) < 4.78 is 5.15. The van der Waals surface area contributed by atoms with Crippen LogP contribution in [0.1, 0.15) is 15.5 Å². The molecule has 7 nitrogen and oxygen atoms in total. The highest BCUT2D eigenvalue weighted by atomic mass is 35.5. The molecule has 0 unspecified atom stereocenters. The monoisotopic (exact) mass is 425 g/mol. The van der Waals surface area contributed by atoms with E-state index in [0.717, 1.165) is 16.9 Å². The second-order valence-corrected chi connectivity index (χ2v) is 7.46. The number of methoxy groups -OCH3 is 1. The molecule has 0 aliphatic carbocycles. The van der Waals surface area contributed by atoms with Gasteiger partial charge < -0.3 is 10.1 Å². The van der Waals surface area contributed by atoms with Crippen LogP contribution in [0.4, 0.5) is 0 Å². The Morgan fingerprint density at radius 2 is 2.00 bits per heavy atom. The quantitative estimate of drug-likeness (QED) is 0.483. The van der Waals surface area contributed by atoms with Crippen molar-refractivity contribution < 1.29 is 9.53 Å². The molecular formula is C20H16ClN5O2S. The minimum atomic E-state index is -0.233. The Morgan fingerprint density at radius 1 is 1.21 bits per heavy atom. The second-order valence-electron chi connectivity index (χ2n) is 6.03. The van der Waals surface area contributed by atoms with Gasteiger partial charge in [-0.15, -0.1) is 11.3 Å². The van der Waals surface area contributed by atoms with Gasteiger partial charge >= 0.3 is 0 Å². The lowest BCUT2D eigenvalue weighted by Crippen LogP contribution is -2.22. The SMILES string of the molecule is COc1ccc(-c2n[nH]c(CNC(=O)c3cnc(-c4ccccc4Cl)s3)n2)cc1. The van der Waals surface area contributed by atoms with Gasteiger partial charge in [0.2, 0.25) is 0 Å². The molecule has 4 aromatic rings. The van der Waals surface area contributed by atoms with Gasteiger partial charge in [-0.25, -0.2) is 9.97 Å². The Labute approximate surface area is 175 Å². The fourth-order valence-corrected chi connectivity index (χ4v) is 3.79. The first-order valence-corrected chi connectivity index (χ1v) is 9.88. The van der Waals surface area contributed by atoms with Gasteiger partial charge in [0.15, 0.2) is 5.82 Å². The largest absolute Gasteiger partial charge is 0.497 e. The Balaban J connectivity index is 1.40. The number of nitrogens with one attached hydrogen (secondary N) is 2. The number of carbonyl (C=O) groups excluding carboxylic acids is 1. The fraction of sp³-hybridized carbons (Fsp3) is 0.100. The average molecular weight is 426 g/mol. The van der Waals surface area contributed by atoms with E-state index in [-0.39, 0.29) is 12.5 Å². The molecule has 2 aromatic carbocycles. The van der Waals surface area contributed by atoms with Crippen molar-refractivity contribution in [2.45, 2.75) is 6.54 Å². The molecule has 4 rings (SSSR count). The molecule has 0 aliphatic rings. The van der Waals surface area contributed by atoms with Gasteiger partial charge in [-0.1, -0.05) is 29.8 Å². The number of halogens is 1. The van der Waals surface area contributed by atoms with Crippen LogP contribution < -0.4 is 10.1 Å². The summed E-state index contributed by atoms with van der Waals surface area (Å²) >= 11 is 7.48. The van der Waals surface area contributed by atoms with Crippen LogP contribution in [-0.2, 0) is 6.54 Å². The highest BCUT2D eigenvalue weighted by molar-refractivity contribution is 7.17. The molecule has 0 spiro atoms. The third-order valence-electron chi connectivity index (χ3n) is 4.13. The van der Waals surface area contributed by atoms with Crippen LogP contribution in [0.2, 0.25) is 5.02 Å². The summed E-state index contributed by atoms with van der Waals surface area (Å²) in [6.45, 7) is 0.224. The maximum atomic E-state index is 12.4. The molecule has 29 heavy (non-hydrogen) atoms. The molecule has 146 valence electrons. The maximum Gasteiger partial charge on any atom is 0.263 e. The molecule has 0 aliphatic heterocycles. The van der Waals surface area contributed by atoms with E-state index in [1.807, 2.05) is 42.5 Å². The second kappa shape index (κ2) is 8.42. The Bertz CT molecular complexity index is 1140. The standard InChI is InChI=1S/C20H16ClN5O2S/c1-28-13-8-6-12(7-9-13)18-24-17(25-26-18)11-22-19(27)16-10-23-20(29-16)14-4-2-3-5-15(14)21/h2-10H,11H2,1H3,(H,22,27)(H,24,25,26). The minimum Gasteiger partial charge on any atom is -0.497 e. The first-order chi connectivity index (χ1) is 14.1. The van der Waals surface area contributed by atoms with E-state index in [2.05, 4.69) is 25.5 Å². The lowest BCUT2D eigenvalue weighted by atomic mass is 10.2. The van der Waals surface area contributed by atoms with Crippen molar-refractivity contribution in [1.29, 1.82) is 0 Å². The van der Waals surface area contributed by atoms with Crippen LogP contribution in [0, 0.1) is 0 Å². The topological polar surface area (TPSA) is 92.8 Å². The normalized spacial score (nSPS) is 10.7. The summed E-state index contributed by atoms with van der Waals surface area (Å²) in [6, 6.07) is 14.8. The van der Waals surface area contributed by atoms with Crippen molar-refractivity contribution in [1.82, 2.24) is 25.5 Å². The van der Waals surface area contributed by atoms with Gasteiger partial charge in [-0.2, -0.15) is 5.10 Å². The molecule has 9 heteroatoms. The summed E-state index contributed by atoms with van der Waals surface area (Å²) in [5, 5.41) is 11.2. The van der Waals surface area contributed by atoms with Crippen LogP contribution in [0.5, 0.6) is 5.75 Å². The number of hydrogen-bond donors (Lipinski definition) is 2. The molecule has 0 bridgehead atoms. The lowest BCUT2D eigenvalue weighted by Gasteiger charge is -2.00. The number of aromatic amines is 1. The highest BCUT2D eigenvalue weighted by Crippen LogP contribution is 2.30. The van der Waals surface area contributed by atoms with E-state index in [1.54, 1.807) is 19.4 Å². The summed E-state index contributed by atoms with van der Waals surface area (Å²) in [6.07, 6.45) is 1.54. The lowest BCUT2D eigenvalue weighted by molar-refractivity contribution is 0.0954. The maximum absolute atomic E-state index is 12.4. The van der Waals surface area contributed by atoms with E-state index >= 15 is 0 Å². The van der Waals surface area contributed by atoms with Gasteiger partial charge in [0.1, 0.15) is 21.5 Å². The van der Waals surface area contributed by atoms with Crippen molar-refractivity contribution in [3.05, 3.63) is 70.5 Å². The van der Waals surface area contributed by atoms with E-state index in [4.69, 9.17) is 16.3 Å². The van der Waals surface area contributed by atoms with Crippen LogP contribution in [0.15, 0.2) is 54.7 Å². The smallest absolute Gasteiger partial charge is 0.263 e. The molecular weight excluding hydrogens is 410 g/mol. The van der Waals surface area contributed by atoms with Gasteiger partial charge in [-0.05, 0) is 30.3 Å². The zero-order valence-electron chi connectivity index (χ0n) is 15.3. The van der Waals surface area contributed by atoms with Crippen molar-refractivity contribution in [2.75, 3.05) is 7.11 Å². The number of rotatable bonds is 6. The number of ether oxygens (including phenoxy) is 1. The number of thiazole rings is 1. The Hall–Kier alpha value is -3.23. The molecule has 0 saturated heterocycles. The summed E-state index contributed by atoms with van der Waals surface area (Å²) in [4.78, 5) is 21.7. The van der Waals surface area contributed by atoms with Crippen LogP contribution in [0.25, 0.3) is 22.0 Å². The summed E-state index contributed by atoms with van der Waals surface area (Å²) in [5.74, 6) is 1.64. The molecule has 0 fully saturated rings. The van der Waals surface area contributed by atoms with Crippen molar-refractivity contribution in [3.8, 4) is 27.7 Å². The number of benzene rings is 2. The van der Waals surface area contributed by atoms with Gasteiger partial charge in [0.25, 0.3) is 5.91 Å². The van der Waals surface area contributed by atoms with Gasteiger partial charge in [0.05, 0.1) is 24.9 Å². The van der Waals surface area contributed by atoms with Crippen LogP contribution in [-0.4, -0.2) is 33.2 Å². The predicted molar refractivity (Wildman–Crippen MR) is 112 cm³/mol. The van der Waals surface area contributed by atoms with Crippen molar-refractivity contribution >= 4 is 28.8 Å². The number of hydrogen-bond acceptors (Lipinski definition) is 6. The average Bonchev–Trinajstić information content (AvgIpc) is 3.42. The van der Waals surface area contributed by atoms with E-state index in [0.29, 0.717) is 26.6 Å². The van der Waals surface area contributed by atoms with Crippen molar-refractivity contribution in [2.24, 2.45) is 0 Å². The number of nitrogens with zero attached hydrogens (tertiary/aromatic N) is 3. The zero-order valence-corrected chi connectivity index (χ0v) is 16.9. The number of aromatic nitrogens is 4. The first-order valence-electron chi connectivity index (χ1n) is 8.68.